The molecule has 2 N–H and O–H groups in total. The third-order valence-corrected chi connectivity index (χ3v) is 4.56. The number of nitrogens with zero attached hydrogens (tertiary/aromatic N) is 4. The van der Waals surface area contributed by atoms with Gasteiger partial charge in [0.1, 0.15) is 0 Å². The van der Waals surface area contributed by atoms with Crippen molar-refractivity contribution in [2.45, 2.75) is 39.8 Å². The Kier molecular flexibility index (Phi) is 10.2. The van der Waals surface area contributed by atoms with Crippen molar-refractivity contribution in [1.82, 2.24) is 20.4 Å². The number of aryl methyl sites for hydroxylation is 3. The Hall–Kier alpha value is -1.77. The highest BCUT2D eigenvalue weighted by molar-refractivity contribution is 14.0. The van der Waals surface area contributed by atoms with E-state index in [4.69, 9.17) is 0 Å². The third-order valence-electron chi connectivity index (χ3n) is 4.56. The second-order valence-corrected chi connectivity index (χ2v) is 6.68. The molecule has 0 bridgehead atoms. The van der Waals surface area contributed by atoms with Crippen molar-refractivity contribution in [2.24, 2.45) is 4.99 Å². The molecular formula is C20H33IN6. The minimum atomic E-state index is 0. The van der Waals surface area contributed by atoms with Gasteiger partial charge in [-0.1, -0.05) is 18.2 Å². The maximum absolute atomic E-state index is 4.49. The molecule has 1 aromatic carbocycles. The van der Waals surface area contributed by atoms with E-state index in [-0.39, 0.29) is 24.0 Å². The van der Waals surface area contributed by atoms with Crippen LogP contribution in [0, 0.1) is 13.8 Å². The summed E-state index contributed by atoms with van der Waals surface area (Å²) in [6.45, 7) is 8.93. The zero-order chi connectivity index (χ0) is 18.9. The number of hydrogen-bond acceptors (Lipinski definition) is 3. The molecule has 2 aromatic rings. The molecule has 0 saturated heterocycles. The van der Waals surface area contributed by atoms with E-state index < -0.39 is 0 Å². The molecule has 0 amide bonds. The summed E-state index contributed by atoms with van der Waals surface area (Å²) in [7, 11) is 3.92. The number of hydrogen-bond donors (Lipinski definition) is 2. The summed E-state index contributed by atoms with van der Waals surface area (Å²) in [5.74, 6) is 0.840. The largest absolute Gasteiger partial charge is 0.370 e. The van der Waals surface area contributed by atoms with Gasteiger partial charge in [0.2, 0.25) is 0 Å². The number of aliphatic imine (C=N–C) groups is 1. The SMILES string of the molecule is CN=C(NCCCn1nc(C)cc1C)NCC(C)N(C)c1ccccc1.I. The summed E-state index contributed by atoms with van der Waals surface area (Å²) in [5, 5.41) is 11.3. The molecule has 0 spiro atoms. The van der Waals surface area contributed by atoms with Crippen LogP contribution < -0.4 is 15.5 Å². The fourth-order valence-electron chi connectivity index (χ4n) is 2.86. The van der Waals surface area contributed by atoms with Crippen molar-refractivity contribution in [1.29, 1.82) is 0 Å². The zero-order valence-corrected chi connectivity index (χ0v) is 19.4. The summed E-state index contributed by atoms with van der Waals surface area (Å²) in [5.41, 5.74) is 3.50. The predicted molar refractivity (Wildman–Crippen MR) is 125 cm³/mol. The molecule has 1 aromatic heterocycles. The van der Waals surface area contributed by atoms with Crippen LogP contribution in [0.4, 0.5) is 5.69 Å². The number of likely N-dealkylation sites (N-methyl/N-ethyl adjacent to an activating group) is 1. The van der Waals surface area contributed by atoms with E-state index >= 15 is 0 Å². The number of rotatable bonds is 8. The van der Waals surface area contributed by atoms with E-state index in [0.717, 1.165) is 37.7 Å². The van der Waals surface area contributed by atoms with Crippen LogP contribution in [0.25, 0.3) is 0 Å². The molecule has 27 heavy (non-hydrogen) atoms. The molecule has 7 heteroatoms. The Labute approximate surface area is 180 Å². The lowest BCUT2D eigenvalue weighted by molar-refractivity contribution is 0.554. The fraction of sp³-hybridized carbons (Fsp3) is 0.500. The number of nitrogens with one attached hydrogen (secondary N) is 2. The Morgan fingerprint density at radius 1 is 1.22 bits per heavy atom. The van der Waals surface area contributed by atoms with Gasteiger partial charge in [-0.25, -0.2) is 0 Å². The van der Waals surface area contributed by atoms with Crippen molar-refractivity contribution in [3.05, 3.63) is 47.8 Å². The van der Waals surface area contributed by atoms with Gasteiger partial charge >= 0.3 is 0 Å². The van der Waals surface area contributed by atoms with E-state index in [1.54, 1.807) is 0 Å². The maximum atomic E-state index is 4.49. The summed E-state index contributed by atoms with van der Waals surface area (Å²) in [4.78, 5) is 6.58. The Morgan fingerprint density at radius 2 is 1.93 bits per heavy atom. The van der Waals surface area contributed by atoms with Crippen molar-refractivity contribution >= 4 is 35.6 Å². The third kappa shape index (κ3) is 7.40. The van der Waals surface area contributed by atoms with Gasteiger partial charge in [0.05, 0.1) is 5.69 Å². The number of aromatic nitrogens is 2. The van der Waals surface area contributed by atoms with Gasteiger partial charge < -0.3 is 15.5 Å². The lowest BCUT2D eigenvalue weighted by Gasteiger charge is -2.27. The van der Waals surface area contributed by atoms with Gasteiger partial charge in [0.25, 0.3) is 0 Å². The molecule has 0 fully saturated rings. The quantitative estimate of drug-likeness (QED) is 0.262. The first-order chi connectivity index (χ1) is 12.5. The minimum Gasteiger partial charge on any atom is -0.370 e. The normalized spacial score (nSPS) is 12.3. The molecule has 0 saturated carbocycles. The van der Waals surface area contributed by atoms with Crippen LogP contribution in [-0.2, 0) is 6.54 Å². The van der Waals surface area contributed by atoms with Gasteiger partial charge in [0, 0.05) is 51.2 Å². The number of guanidine groups is 1. The zero-order valence-electron chi connectivity index (χ0n) is 17.1. The van der Waals surface area contributed by atoms with E-state index in [0.29, 0.717) is 6.04 Å². The molecule has 0 aliphatic rings. The minimum absolute atomic E-state index is 0. The monoisotopic (exact) mass is 484 g/mol. The summed E-state index contributed by atoms with van der Waals surface area (Å²) >= 11 is 0. The highest BCUT2D eigenvalue weighted by Crippen LogP contribution is 2.13. The summed E-state index contributed by atoms with van der Waals surface area (Å²) in [6, 6.07) is 12.9. The predicted octanol–water partition coefficient (Wildman–Crippen LogP) is 3.20. The van der Waals surface area contributed by atoms with E-state index in [1.165, 1.54) is 11.4 Å². The molecule has 0 radical (unpaired) electrons. The highest BCUT2D eigenvalue weighted by atomic mass is 127. The molecule has 0 aliphatic carbocycles. The molecule has 2 rings (SSSR count). The molecule has 6 nitrogen and oxygen atoms in total. The Bertz CT molecular complexity index is 698. The second-order valence-electron chi connectivity index (χ2n) is 6.68. The number of para-hydroxylation sites is 1. The smallest absolute Gasteiger partial charge is 0.191 e. The standard InChI is InChI=1S/C20H32N6.HI/c1-16-14-17(2)26(24-16)13-9-12-22-20(21-4)23-15-18(3)25(5)19-10-7-6-8-11-19;/h6-8,10-11,14,18H,9,12-13,15H2,1-5H3,(H2,21,22,23);1H. The lowest BCUT2D eigenvalue weighted by atomic mass is 10.2. The molecule has 1 unspecified atom stereocenters. The number of halogens is 1. The van der Waals surface area contributed by atoms with Crippen molar-refractivity contribution in [2.75, 3.05) is 32.1 Å². The Balaban J connectivity index is 0.00000364. The molecule has 0 aliphatic heterocycles. The highest BCUT2D eigenvalue weighted by Gasteiger charge is 2.10. The molecule has 1 heterocycles. The fourth-order valence-corrected chi connectivity index (χ4v) is 2.86. The molecule has 1 atom stereocenters. The van der Waals surface area contributed by atoms with Crippen LogP contribution in [0.3, 0.4) is 0 Å². The maximum Gasteiger partial charge on any atom is 0.191 e. The van der Waals surface area contributed by atoms with Gasteiger partial charge in [-0.3, -0.25) is 9.67 Å². The van der Waals surface area contributed by atoms with Gasteiger partial charge in [-0.2, -0.15) is 5.10 Å². The average molecular weight is 484 g/mol. The van der Waals surface area contributed by atoms with E-state index in [9.17, 15) is 0 Å². The van der Waals surface area contributed by atoms with Crippen LogP contribution in [-0.4, -0.2) is 49.0 Å². The first-order valence-electron chi connectivity index (χ1n) is 9.24. The lowest BCUT2D eigenvalue weighted by Crippen LogP contribution is -2.45. The van der Waals surface area contributed by atoms with E-state index in [1.807, 2.05) is 20.0 Å². The topological polar surface area (TPSA) is 57.5 Å². The van der Waals surface area contributed by atoms with E-state index in [2.05, 4.69) is 81.5 Å². The van der Waals surface area contributed by atoms with Crippen molar-refractivity contribution < 1.29 is 0 Å². The second kappa shape index (κ2) is 11.8. The first-order valence-corrected chi connectivity index (χ1v) is 9.24. The average Bonchev–Trinajstić information content (AvgIpc) is 2.98. The molecule has 150 valence electrons. The van der Waals surface area contributed by atoms with Gasteiger partial charge in [0.15, 0.2) is 5.96 Å². The number of anilines is 1. The summed E-state index contributed by atoms with van der Waals surface area (Å²) in [6.07, 6.45) is 1.00. The van der Waals surface area contributed by atoms with Gasteiger partial charge in [-0.05, 0) is 45.4 Å². The van der Waals surface area contributed by atoms with Crippen LogP contribution in [0.1, 0.15) is 24.7 Å². The van der Waals surface area contributed by atoms with Gasteiger partial charge in [-0.15, -0.1) is 24.0 Å². The van der Waals surface area contributed by atoms with Crippen molar-refractivity contribution in [3.8, 4) is 0 Å². The van der Waals surface area contributed by atoms with Crippen LogP contribution >= 0.6 is 24.0 Å². The Morgan fingerprint density at radius 3 is 2.52 bits per heavy atom. The molecular weight excluding hydrogens is 451 g/mol. The summed E-state index contributed by atoms with van der Waals surface area (Å²) < 4.78 is 2.06. The van der Waals surface area contributed by atoms with Crippen LogP contribution in [0.2, 0.25) is 0 Å². The number of benzene rings is 1. The first kappa shape index (κ1) is 23.3. The van der Waals surface area contributed by atoms with Crippen LogP contribution in [0.15, 0.2) is 41.4 Å². The van der Waals surface area contributed by atoms with Crippen molar-refractivity contribution in [3.63, 3.8) is 0 Å². The van der Waals surface area contributed by atoms with Crippen LogP contribution in [0.5, 0.6) is 0 Å².